The Balaban J connectivity index is 2.05. The number of nitrogens with zero attached hydrogens (tertiary/aromatic N) is 3. The van der Waals surface area contributed by atoms with Gasteiger partial charge in [-0.05, 0) is 63.0 Å². The van der Waals surface area contributed by atoms with Gasteiger partial charge < -0.3 is 9.67 Å². The maximum atomic E-state index is 9.86. The monoisotopic (exact) mass is 421 g/mol. The molecule has 112 valence electrons. The van der Waals surface area contributed by atoms with E-state index < -0.39 is 0 Å². The molecular formula is C16H13Br2N3O. The van der Waals surface area contributed by atoms with Crippen LogP contribution >= 0.6 is 31.9 Å². The van der Waals surface area contributed by atoms with Gasteiger partial charge >= 0.3 is 0 Å². The van der Waals surface area contributed by atoms with Crippen LogP contribution < -0.4 is 0 Å². The number of aromatic hydroxyl groups is 1. The van der Waals surface area contributed by atoms with E-state index in [2.05, 4.69) is 41.8 Å². The summed E-state index contributed by atoms with van der Waals surface area (Å²) in [5, 5.41) is 9.86. The predicted molar refractivity (Wildman–Crippen MR) is 96.2 cm³/mol. The van der Waals surface area contributed by atoms with E-state index in [4.69, 9.17) is 0 Å². The first-order valence-corrected chi connectivity index (χ1v) is 8.19. The van der Waals surface area contributed by atoms with Crippen LogP contribution in [0.5, 0.6) is 5.75 Å². The van der Waals surface area contributed by atoms with Gasteiger partial charge in [-0.1, -0.05) is 11.6 Å². The molecule has 0 saturated heterocycles. The highest BCUT2D eigenvalue weighted by Gasteiger charge is 2.09. The van der Waals surface area contributed by atoms with Crippen LogP contribution in [-0.4, -0.2) is 20.9 Å². The molecule has 0 amide bonds. The van der Waals surface area contributed by atoms with E-state index in [9.17, 15) is 5.11 Å². The topological polar surface area (TPSA) is 50.4 Å². The normalized spacial score (nSPS) is 11.6. The van der Waals surface area contributed by atoms with Gasteiger partial charge in [0.15, 0.2) is 0 Å². The molecule has 4 nitrogen and oxygen atoms in total. The number of imidazole rings is 1. The van der Waals surface area contributed by atoms with Crippen LogP contribution in [0.2, 0.25) is 0 Å². The SMILES string of the molecule is Cc1ccc(O)c(C=Nc2nc3cc(Br)c(Br)cc3n2C)c1. The second-order valence-corrected chi connectivity index (χ2v) is 6.75. The second kappa shape index (κ2) is 5.85. The zero-order valence-electron chi connectivity index (χ0n) is 12.0. The first-order chi connectivity index (χ1) is 10.5. The summed E-state index contributed by atoms with van der Waals surface area (Å²) in [7, 11) is 1.92. The molecule has 6 heteroatoms. The van der Waals surface area contributed by atoms with Crippen molar-refractivity contribution >= 4 is 55.1 Å². The Morgan fingerprint density at radius 3 is 2.68 bits per heavy atom. The maximum Gasteiger partial charge on any atom is 0.230 e. The molecule has 0 unspecified atom stereocenters. The quantitative estimate of drug-likeness (QED) is 0.599. The van der Waals surface area contributed by atoms with Crippen molar-refractivity contribution in [2.45, 2.75) is 6.92 Å². The average Bonchev–Trinajstić information content (AvgIpc) is 2.77. The number of aryl methyl sites for hydroxylation is 2. The number of aromatic nitrogens is 2. The number of hydrogen-bond donors (Lipinski definition) is 1. The minimum absolute atomic E-state index is 0.207. The van der Waals surface area contributed by atoms with Crippen molar-refractivity contribution in [3.63, 3.8) is 0 Å². The molecule has 0 aliphatic heterocycles. The van der Waals surface area contributed by atoms with Crippen molar-refractivity contribution in [1.29, 1.82) is 0 Å². The van der Waals surface area contributed by atoms with Crippen LogP contribution in [0.15, 0.2) is 44.3 Å². The minimum atomic E-state index is 0.207. The van der Waals surface area contributed by atoms with Gasteiger partial charge in [-0.2, -0.15) is 0 Å². The van der Waals surface area contributed by atoms with E-state index in [0.29, 0.717) is 11.5 Å². The molecule has 0 saturated carbocycles. The molecule has 0 radical (unpaired) electrons. The van der Waals surface area contributed by atoms with Crippen molar-refractivity contribution in [1.82, 2.24) is 9.55 Å². The molecule has 1 N–H and O–H groups in total. The third-order valence-electron chi connectivity index (χ3n) is 3.40. The van der Waals surface area contributed by atoms with Crippen molar-refractivity contribution in [2.24, 2.45) is 12.0 Å². The Morgan fingerprint density at radius 2 is 1.91 bits per heavy atom. The van der Waals surface area contributed by atoms with Crippen LogP contribution in [-0.2, 0) is 7.05 Å². The van der Waals surface area contributed by atoms with Gasteiger partial charge in [0.1, 0.15) is 5.75 Å². The fraction of sp³-hybridized carbons (Fsp3) is 0.125. The Morgan fingerprint density at radius 1 is 1.18 bits per heavy atom. The number of hydrogen-bond acceptors (Lipinski definition) is 3. The second-order valence-electron chi connectivity index (χ2n) is 5.05. The van der Waals surface area contributed by atoms with Crippen LogP contribution in [0.3, 0.4) is 0 Å². The molecule has 0 bridgehead atoms. The predicted octanol–water partition coefficient (Wildman–Crippen LogP) is 4.86. The number of halogens is 2. The average molecular weight is 423 g/mol. The minimum Gasteiger partial charge on any atom is -0.507 e. The molecule has 3 aromatic rings. The Hall–Kier alpha value is -1.66. The fourth-order valence-corrected chi connectivity index (χ4v) is 2.86. The van der Waals surface area contributed by atoms with Gasteiger partial charge in [0.2, 0.25) is 5.95 Å². The van der Waals surface area contributed by atoms with E-state index in [1.807, 2.05) is 42.8 Å². The number of phenols is 1. The van der Waals surface area contributed by atoms with Crippen molar-refractivity contribution in [3.05, 3.63) is 50.4 Å². The summed E-state index contributed by atoms with van der Waals surface area (Å²) in [5.74, 6) is 0.791. The van der Waals surface area contributed by atoms with Gasteiger partial charge in [-0.15, -0.1) is 0 Å². The summed E-state index contributed by atoms with van der Waals surface area (Å²) in [6.45, 7) is 1.97. The number of phenolic OH excluding ortho intramolecular Hbond substituents is 1. The lowest BCUT2D eigenvalue weighted by atomic mass is 10.1. The van der Waals surface area contributed by atoms with Gasteiger partial charge in [-0.25, -0.2) is 9.98 Å². The molecule has 0 atom stereocenters. The lowest BCUT2D eigenvalue weighted by molar-refractivity contribution is 0.474. The molecule has 0 aliphatic rings. The van der Waals surface area contributed by atoms with Crippen molar-refractivity contribution < 1.29 is 5.11 Å². The largest absolute Gasteiger partial charge is 0.507 e. The van der Waals surface area contributed by atoms with Gasteiger partial charge in [0.05, 0.1) is 11.0 Å². The standard InChI is InChI=1S/C16H13Br2N3O/c1-9-3-4-15(22)10(5-9)8-19-16-20-13-6-11(17)12(18)7-14(13)21(16)2/h3-8,22H,1-2H3. The molecule has 22 heavy (non-hydrogen) atoms. The molecule has 1 aromatic heterocycles. The molecule has 0 aliphatic carbocycles. The Labute approximate surface area is 144 Å². The first kappa shape index (κ1) is 15.2. The highest BCUT2D eigenvalue weighted by molar-refractivity contribution is 9.13. The summed E-state index contributed by atoms with van der Waals surface area (Å²) < 4.78 is 3.83. The smallest absolute Gasteiger partial charge is 0.230 e. The van der Waals surface area contributed by atoms with E-state index in [0.717, 1.165) is 25.5 Å². The summed E-state index contributed by atoms with van der Waals surface area (Å²) >= 11 is 6.97. The van der Waals surface area contributed by atoms with Gasteiger partial charge in [0.25, 0.3) is 0 Å². The lowest BCUT2D eigenvalue weighted by Gasteiger charge is -2.00. The maximum absolute atomic E-state index is 9.86. The third kappa shape index (κ3) is 2.80. The van der Waals surface area contributed by atoms with E-state index in [1.54, 1.807) is 12.3 Å². The molecule has 0 spiro atoms. The third-order valence-corrected chi connectivity index (χ3v) is 5.25. The molecular weight excluding hydrogens is 410 g/mol. The van der Waals surface area contributed by atoms with Crippen LogP contribution in [0.1, 0.15) is 11.1 Å². The molecule has 3 rings (SSSR count). The Kier molecular flexibility index (Phi) is 4.06. The number of benzene rings is 2. The van der Waals surface area contributed by atoms with E-state index >= 15 is 0 Å². The van der Waals surface area contributed by atoms with E-state index in [1.165, 1.54) is 0 Å². The molecule has 2 aromatic carbocycles. The molecule has 1 heterocycles. The first-order valence-electron chi connectivity index (χ1n) is 6.61. The number of aliphatic imine (C=N–C) groups is 1. The zero-order chi connectivity index (χ0) is 15.9. The number of rotatable bonds is 2. The van der Waals surface area contributed by atoms with Crippen LogP contribution in [0.4, 0.5) is 5.95 Å². The summed E-state index contributed by atoms with van der Waals surface area (Å²) in [6.07, 6.45) is 1.63. The van der Waals surface area contributed by atoms with Crippen LogP contribution in [0, 0.1) is 6.92 Å². The summed E-state index contributed by atoms with van der Waals surface area (Å²) in [6, 6.07) is 9.35. The summed E-state index contributed by atoms with van der Waals surface area (Å²) in [5.41, 5.74) is 3.58. The van der Waals surface area contributed by atoms with E-state index in [-0.39, 0.29) is 5.75 Å². The van der Waals surface area contributed by atoms with Crippen LogP contribution in [0.25, 0.3) is 11.0 Å². The number of fused-ring (bicyclic) bond motifs is 1. The molecule has 0 fully saturated rings. The highest BCUT2D eigenvalue weighted by Crippen LogP contribution is 2.30. The van der Waals surface area contributed by atoms with Gasteiger partial charge in [-0.3, -0.25) is 0 Å². The van der Waals surface area contributed by atoms with Gasteiger partial charge in [0, 0.05) is 27.8 Å². The fourth-order valence-electron chi connectivity index (χ4n) is 2.19. The van der Waals surface area contributed by atoms with Crippen molar-refractivity contribution in [2.75, 3.05) is 0 Å². The zero-order valence-corrected chi connectivity index (χ0v) is 15.2. The Bertz CT molecular complexity index is 900. The lowest BCUT2D eigenvalue weighted by Crippen LogP contribution is -1.89. The van der Waals surface area contributed by atoms with Crippen molar-refractivity contribution in [3.8, 4) is 5.75 Å². The summed E-state index contributed by atoms with van der Waals surface area (Å²) in [4.78, 5) is 8.92. The highest BCUT2D eigenvalue weighted by atomic mass is 79.9.